The first-order chi connectivity index (χ1) is 15.6. The van der Waals surface area contributed by atoms with Crippen LogP contribution in [0.4, 0.5) is 5.82 Å². The number of methoxy groups -OCH3 is 1. The van der Waals surface area contributed by atoms with E-state index < -0.39 is 0 Å². The number of anilines is 1. The summed E-state index contributed by atoms with van der Waals surface area (Å²) in [5.74, 6) is 1.43. The molecule has 170 valence electrons. The third kappa shape index (κ3) is 5.40. The van der Waals surface area contributed by atoms with Crippen LogP contribution in [0.15, 0.2) is 67.1 Å². The largest absolute Gasteiger partial charge is 0.496 e. The van der Waals surface area contributed by atoms with Crippen molar-refractivity contribution in [1.29, 1.82) is 0 Å². The Balaban J connectivity index is 0.00000306. The minimum atomic E-state index is -0.140. The van der Waals surface area contributed by atoms with Gasteiger partial charge in [0.15, 0.2) is 0 Å². The maximum atomic E-state index is 11.9. The Morgan fingerprint density at radius 3 is 2.70 bits per heavy atom. The van der Waals surface area contributed by atoms with Gasteiger partial charge in [-0.15, -0.1) is 0 Å². The molecule has 1 atom stereocenters. The molecule has 0 aliphatic rings. The molecule has 7 nitrogen and oxygen atoms in total. The molecule has 4 aromatic rings. The Morgan fingerprint density at radius 1 is 1.06 bits per heavy atom. The van der Waals surface area contributed by atoms with Gasteiger partial charge in [0.25, 0.3) is 5.91 Å². The predicted molar refractivity (Wildman–Crippen MR) is 136 cm³/mol. The Kier molecular flexibility index (Phi) is 7.84. The molecular weight excluding hydrogens is 434 g/mol. The molecule has 2 aromatic heterocycles. The highest BCUT2D eigenvalue weighted by Gasteiger charge is 2.15. The minimum Gasteiger partial charge on any atom is -0.496 e. The number of hydrogen-bond acceptors (Lipinski definition) is 6. The van der Waals surface area contributed by atoms with Gasteiger partial charge in [0.05, 0.1) is 18.3 Å². The molecule has 0 bridgehead atoms. The third-order valence-corrected chi connectivity index (χ3v) is 5.41. The zero-order valence-electron chi connectivity index (χ0n) is 18.8. The first-order valence-corrected chi connectivity index (χ1v) is 10.4. The van der Waals surface area contributed by atoms with E-state index in [2.05, 4.69) is 38.6 Å². The lowest BCUT2D eigenvalue weighted by Gasteiger charge is -2.17. The highest BCUT2D eigenvalue weighted by molar-refractivity contribution is 7.59. The molecule has 2 heterocycles. The maximum Gasteiger partial charge on any atom is 0.251 e. The molecule has 0 saturated heterocycles. The Bertz CT molecular complexity index is 1260. The van der Waals surface area contributed by atoms with Crippen LogP contribution in [-0.4, -0.2) is 41.6 Å². The van der Waals surface area contributed by atoms with E-state index in [1.165, 1.54) is 0 Å². The van der Waals surface area contributed by atoms with Crippen molar-refractivity contribution in [2.24, 2.45) is 0 Å². The number of nitrogens with zero attached hydrogens (tertiary/aromatic N) is 3. The maximum absolute atomic E-state index is 11.9. The fourth-order valence-corrected chi connectivity index (χ4v) is 3.62. The SMILES string of the molecule is CNC(=O)c1ccc([C@H](C)CNc2cc(-c3ccc4ncccc4c3)ncn2)c(OC)c1.S. The van der Waals surface area contributed by atoms with E-state index in [-0.39, 0.29) is 25.3 Å². The van der Waals surface area contributed by atoms with Crippen LogP contribution in [0, 0.1) is 0 Å². The first-order valence-electron chi connectivity index (χ1n) is 10.4. The predicted octanol–water partition coefficient (Wildman–Crippen LogP) is 4.39. The van der Waals surface area contributed by atoms with Gasteiger partial charge in [-0.05, 0) is 35.9 Å². The lowest BCUT2D eigenvalue weighted by atomic mass is 9.98. The molecule has 8 heteroatoms. The zero-order valence-corrected chi connectivity index (χ0v) is 19.8. The van der Waals surface area contributed by atoms with Crippen LogP contribution in [0.2, 0.25) is 0 Å². The molecule has 0 fully saturated rings. The first kappa shape index (κ1) is 24.0. The second-order valence-corrected chi connectivity index (χ2v) is 7.52. The zero-order chi connectivity index (χ0) is 22.5. The van der Waals surface area contributed by atoms with Crippen molar-refractivity contribution in [1.82, 2.24) is 20.3 Å². The summed E-state index contributed by atoms with van der Waals surface area (Å²) in [5, 5.41) is 7.09. The van der Waals surface area contributed by atoms with Gasteiger partial charge in [0, 0.05) is 48.3 Å². The van der Waals surface area contributed by atoms with Crippen LogP contribution >= 0.6 is 13.5 Å². The third-order valence-electron chi connectivity index (χ3n) is 5.41. The number of ether oxygens (including phenoxy) is 1. The van der Waals surface area contributed by atoms with E-state index in [0.29, 0.717) is 17.9 Å². The van der Waals surface area contributed by atoms with E-state index in [9.17, 15) is 4.79 Å². The van der Waals surface area contributed by atoms with Crippen LogP contribution in [-0.2, 0) is 0 Å². The fourth-order valence-electron chi connectivity index (χ4n) is 3.62. The Labute approximate surface area is 200 Å². The average Bonchev–Trinajstić information content (AvgIpc) is 2.86. The summed E-state index contributed by atoms with van der Waals surface area (Å²) >= 11 is 0. The number of pyridine rings is 1. The molecule has 1 amide bonds. The quantitative estimate of drug-likeness (QED) is 0.424. The summed E-state index contributed by atoms with van der Waals surface area (Å²) in [5.41, 5.74) is 4.39. The van der Waals surface area contributed by atoms with Gasteiger partial charge < -0.3 is 15.4 Å². The van der Waals surface area contributed by atoms with E-state index in [1.54, 1.807) is 32.7 Å². The Hall–Kier alpha value is -3.65. The number of fused-ring (bicyclic) bond motifs is 1. The monoisotopic (exact) mass is 461 g/mol. The average molecular weight is 462 g/mol. The van der Waals surface area contributed by atoms with Crippen molar-refractivity contribution >= 4 is 36.1 Å². The fraction of sp³-hybridized carbons (Fsp3) is 0.200. The van der Waals surface area contributed by atoms with Crippen LogP contribution in [0.5, 0.6) is 5.75 Å². The molecule has 0 aliphatic carbocycles. The van der Waals surface area contributed by atoms with E-state index in [0.717, 1.165) is 33.5 Å². The van der Waals surface area contributed by atoms with Crippen LogP contribution in [0.25, 0.3) is 22.2 Å². The van der Waals surface area contributed by atoms with Gasteiger partial charge >= 0.3 is 0 Å². The Morgan fingerprint density at radius 2 is 1.91 bits per heavy atom. The molecule has 0 saturated carbocycles. The van der Waals surface area contributed by atoms with Crippen LogP contribution in [0.1, 0.15) is 28.8 Å². The minimum absolute atomic E-state index is 0. The molecule has 4 rings (SSSR count). The van der Waals surface area contributed by atoms with Crippen molar-refractivity contribution in [3.05, 3.63) is 78.2 Å². The van der Waals surface area contributed by atoms with Gasteiger partial charge in [0.1, 0.15) is 17.9 Å². The molecular formula is C25H27N5O2S. The number of carbonyl (C=O) groups is 1. The van der Waals surface area contributed by atoms with Crippen LogP contribution < -0.4 is 15.4 Å². The van der Waals surface area contributed by atoms with Crippen molar-refractivity contribution in [2.45, 2.75) is 12.8 Å². The number of aromatic nitrogens is 3. The second-order valence-electron chi connectivity index (χ2n) is 7.52. The van der Waals surface area contributed by atoms with E-state index >= 15 is 0 Å². The number of amides is 1. The summed E-state index contributed by atoms with van der Waals surface area (Å²) < 4.78 is 5.53. The molecule has 0 spiro atoms. The summed E-state index contributed by atoms with van der Waals surface area (Å²) in [6, 6.07) is 17.5. The lowest BCUT2D eigenvalue weighted by Crippen LogP contribution is -2.18. The summed E-state index contributed by atoms with van der Waals surface area (Å²) in [7, 11) is 3.22. The van der Waals surface area contributed by atoms with Crippen molar-refractivity contribution in [3.63, 3.8) is 0 Å². The smallest absolute Gasteiger partial charge is 0.251 e. The summed E-state index contributed by atoms with van der Waals surface area (Å²) in [6.07, 6.45) is 3.35. The van der Waals surface area contributed by atoms with E-state index in [1.807, 2.05) is 42.5 Å². The molecule has 0 unspecified atom stereocenters. The van der Waals surface area contributed by atoms with Gasteiger partial charge in [-0.3, -0.25) is 9.78 Å². The van der Waals surface area contributed by atoms with Gasteiger partial charge in [-0.2, -0.15) is 13.5 Å². The van der Waals surface area contributed by atoms with Crippen molar-refractivity contribution in [2.75, 3.05) is 26.0 Å². The van der Waals surface area contributed by atoms with Crippen LogP contribution in [0.3, 0.4) is 0 Å². The normalized spacial score (nSPS) is 11.4. The number of benzene rings is 2. The molecule has 0 aliphatic heterocycles. The summed E-state index contributed by atoms with van der Waals surface area (Å²) in [4.78, 5) is 25.1. The molecule has 0 radical (unpaired) electrons. The standard InChI is InChI=1S/C25H25N5O2.H2S/c1-16(20-8-6-19(25(31)26-2)12-23(20)32-3)14-28-24-13-22(29-15-30-24)18-7-9-21-17(11-18)5-4-10-27-21;/h4-13,15-16H,14H2,1-3H3,(H,26,31)(H,28,29,30);1H2/t16-;/m1./s1. The van der Waals surface area contributed by atoms with Gasteiger partial charge in [-0.1, -0.05) is 25.1 Å². The van der Waals surface area contributed by atoms with Gasteiger partial charge in [0.2, 0.25) is 0 Å². The highest BCUT2D eigenvalue weighted by atomic mass is 32.1. The lowest BCUT2D eigenvalue weighted by molar-refractivity contribution is 0.0962. The summed E-state index contributed by atoms with van der Waals surface area (Å²) in [6.45, 7) is 2.75. The highest BCUT2D eigenvalue weighted by Crippen LogP contribution is 2.28. The number of nitrogens with one attached hydrogen (secondary N) is 2. The van der Waals surface area contributed by atoms with Crippen molar-refractivity contribution in [3.8, 4) is 17.0 Å². The molecule has 2 N–H and O–H groups in total. The molecule has 33 heavy (non-hydrogen) atoms. The van der Waals surface area contributed by atoms with Crippen molar-refractivity contribution < 1.29 is 9.53 Å². The van der Waals surface area contributed by atoms with E-state index in [4.69, 9.17) is 4.74 Å². The molecule has 2 aromatic carbocycles. The number of rotatable bonds is 7. The van der Waals surface area contributed by atoms with Gasteiger partial charge in [-0.25, -0.2) is 9.97 Å². The second kappa shape index (κ2) is 10.8. The number of carbonyl (C=O) groups excluding carboxylic acids is 1. The topological polar surface area (TPSA) is 89.0 Å². The number of hydrogen-bond donors (Lipinski definition) is 2.